The number of carbonyl (C=O) groups excluding carboxylic acids is 1. The van der Waals surface area contributed by atoms with Gasteiger partial charge in [-0.05, 0) is 36.4 Å². The molecule has 3 rings (SSSR count). The Morgan fingerprint density at radius 1 is 1.25 bits per heavy atom. The lowest BCUT2D eigenvalue weighted by molar-refractivity contribution is -0.121. The largest absolute Gasteiger partial charge is 0.497 e. The SMILES string of the molecule is COc1ccc(-c2cnc(CCC(=O)NCc3ccco3)o2)cc1. The molecule has 1 aromatic carbocycles. The average Bonchev–Trinajstić information content (AvgIpc) is 3.30. The summed E-state index contributed by atoms with van der Waals surface area (Å²) < 4.78 is 16.0. The zero-order chi connectivity index (χ0) is 16.8. The number of hydrogen-bond acceptors (Lipinski definition) is 5. The number of rotatable bonds is 7. The zero-order valence-corrected chi connectivity index (χ0v) is 13.3. The number of aryl methyl sites for hydroxylation is 1. The van der Waals surface area contributed by atoms with Crippen LogP contribution in [0.15, 0.2) is 57.7 Å². The first-order valence-corrected chi connectivity index (χ1v) is 7.63. The minimum absolute atomic E-state index is 0.0735. The van der Waals surface area contributed by atoms with Gasteiger partial charge in [0.15, 0.2) is 11.7 Å². The summed E-state index contributed by atoms with van der Waals surface area (Å²) in [6.07, 6.45) is 4.00. The Labute approximate surface area is 139 Å². The third-order valence-corrected chi connectivity index (χ3v) is 3.53. The Balaban J connectivity index is 1.51. The van der Waals surface area contributed by atoms with Crippen molar-refractivity contribution in [2.24, 2.45) is 0 Å². The number of amides is 1. The van der Waals surface area contributed by atoms with Crippen molar-refractivity contribution >= 4 is 5.91 Å². The second kappa shape index (κ2) is 7.50. The van der Waals surface area contributed by atoms with E-state index in [-0.39, 0.29) is 5.91 Å². The molecule has 0 unspecified atom stereocenters. The lowest BCUT2D eigenvalue weighted by Gasteiger charge is -2.02. The number of ether oxygens (including phenoxy) is 1. The van der Waals surface area contributed by atoms with Crippen molar-refractivity contribution in [2.45, 2.75) is 19.4 Å². The Morgan fingerprint density at radius 3 is 2.79 bits per heavy atom. The van der Waals surface area contributed by atoms with E-state index in [9.17, 15) is 4.79 Å². The van der Waals surface area contributed by atoms with Crippen LogP contribution in [0.5, 0.6) is 5.75 Å². The molecule has 1 N–H and O–H groups in total. The fraction of sp³-hybridized carbons (Fsp3) is 0.222. The maximum atomic E-state index is 11.8. The molecule has 3 aromatic rings. The fourth-order valence-corrected chi connectivity index (χ4v) is 2.22. The number of aromatic nitrogens is 1. The van der Waals surface area contributed by atoms with E-state index in [2.05, 4.69) is 10.3 Å². The number of benzene rings is 1. The number of furan rings is 1. The van der Waals surface area contributed by atoms with Gasteiger partial charge in [0.05, 0.1) is 26.1 Å². The molecule has 0 aliphatic rings. The summed E-state index contributed by atoms with van der Waals surface area (Å²) in [4.78, 5) is 16.0. The number of carbonyl (C=O) groups is 1. The predicted molar refractivity (Wildman–Crippen MR) is 87.4 cm³/mol. The monoisotopic (exact) mass is 326 g/mol. The van der Waals surface area contributed by atoms with E-state index in [1.54, 1.807) is 25.6 Å². The first-order chi connectivity index (χ1) is 11.7. The Bertz CT molecular complexity index is 776. The van der Waals surface area contributed by atoms with Gasteiger partial charge in [0.1, 0.15) is 11.5 Å². The predicted octanol–water partition coefficient (Wildman–Crippen LogP) is 3.19. The van der Waals surface area contributed by atoms with Gasteiger partial charge in [-0.25, -0.2) is 4.98 Å². The smallest absolute Gasteiger partial charge is 0.220 e. The second-order valence-corrected chi connectivity index (χ2v) is 5.20. The van der Waals surface area contributed by atoms with E-state index < -0.39 is 0 Å². The quantitative estimate of drug-likeness (QED) is 0.721. The summed E-state index contributed by atoms with van der Waals surface area (Å²) >= 11 is 0. The van der Waals surface area contributed by atoms with Crippen molar-refractivity contribution in [1.29, 1.82) is 0 Å². The molecule has 6 heteroatoms. The molecular weight excluding hydrogens is 308 g/mol. The number of methoxy groups -OCH3 is 1. The highest BCUT2D eigenvalue weighted by atomic mass is 16.5. The number of nitrogens with one attached hydrogen (secondary N) is 1. The van der Waals surface area contributed by atoms with Crippen LogP contribution < -0.4 is 10.1 Å². The maximum absolute atomic E-state index is 11.8. The fourth-order valence-electron chi connectivity index (χ4n) is 2.22. The van der Waals surface area contributed by atoms with E-state index in [4.69, 9.17) is 13.6 Å². The van der Waals surface area contributed by atoms with Gasteiger partial charge < -0.3 is 18.9 Å². The second-order valence-electron chi connectivity index (χ2n) is 5.20. The molecule has 0 saturated carbocycles. The highest BCUT2D eigenvalue weighted by Gasteiger charge is 2.09. The molecule has 24 heavy (non-hydrogen) atoms. The Kier molecular flexibility index (Phi) is 4.96. The van der Waals surface area contributed by atoms with Gasteiger partial charge in [-0.2, -0.15) is 0 Å². The maximum Gasteiger partial charge on any atom is 0.220 e. The molecule has 2 aromatic heterocycles. The molecule has 0 bridgehead atoms. The number of nitrogens with zero attached hydrogens (tertiary/aromatic N) is 1. The summed E-state index contributed by atoms with van der Waals surface area (Å²) in [5.41, 5.74) is 0.914. The van der Waals surface area contributed by atoms with E-state index in [1.807, 2.05) is 30.3 Å². The van der Waals surface area contributed by atoms with E-state index in [1.165, 1.54) is 0 Å². The molecule has 0 saturated heterocycles. The van der Waals surface area contributed by atoms with Crippen molar-refractivity contribution in [3.63, 3.8) is 0 Å². The van der Waals surface area contributed by atoms with E-state index >= 15 is 0 Å². The molecule has 0 radical (unpaired) electrons. The first-order valence-electron chi connectivity index (χ1n) is 7.63. The van der Waals surface area contributed by atoms with Crippen LogP contribution in [0.25, 0.3) is 11.3 Å². The van der Waals surface area contributed by atoms with Gasteiger partial charge in [-0.1, -0.05) is 0 Å². The van der Waals surface area contributed by atoms with Crippen LogP contribution in [0.1, 0.15) is 18.1 Å². The van der Waals surface area contributed by atoms with Gasteiger partial charge in [0.2, 0.25) is 5.91 Å². The third-order valence-electron chi connectivity index (χ3n) is 3.53. The summed E-state index contributed by atoms with van der Waals surface area (Å²) in [5.74, 6) is 2.64. The molecular formula is C18H18N2O4. The molecule has 124 valence electrons. The topological polar surface area (TPSA) is 77.5 Å². The van der Waals surface area contributed by atoms with Crippen LogP contribution >= 0.6 is 0 Å². The highest BCUT2D eigenvalue weighted by Crippen LogP contribution is 2.23. The standard InChI is InChI=1S/C18H18N2O4/c1-22-14-6-4-13(5-7-14)16-12-20-18(24-16)9-8-17(21)19-11-15-3-2-10-23-15/h2-7,10,12H,8-9,11H2,1H3,(H,19,21). The third kappa shape index (κ3) is 4.04. The van der Waals surface area contributed by atoms with Crippen LogP contribution in [0.3, 0.4) is 0 Å². The van der Waals surface area contributed by atoms with Gasteiger partial charge in [0, 0.05) is 18.4 Å². The van der Waals surface area contributed by atoms with E-state index in [0.717, 1.165) is 17.1 Å². The molecule has 6 nitrogen and oxygen atoms in total. The summed E-state index contributed by atoms with van der Waals surface area (Å²) in [6.45, 7) is 0.383. The molecule has 0 fully saturated rings. The average molecular weight is 326 g/mol. The van der Waals surface area contributed by atoms with Crippen molar-refractivity contribution in [1.82, 2.24) is 10.3 Å². The van der Waals surface area contributed by atoms with E-state index in [0.29, 0.717) is 31.0 Å². The normalized spacial score (nSPS) is 10.5. The molecule has 1 amide bonds. The number of hydrogen-bond donors (Lipinski definition) is 1. The van der Waals surface area contributed by atoms with Crippen LogP contribution in [0, 0.1) is 0 Å². The van der Waals surface area contributed by atoms with Gasteiger partial charge in [-0.3, -0.25) is 4.79 Å². The van der Waals surface area contributed by atoms with Crippen LogP contribution in [0.2, 0.25) is 0 Å². The number of oxazole rings is 1. The van der Waals surface area contributed by atoms with Crippen LogP contribution in [0.4, 0.5) is 0 Å². The van der Waals surface area contributed by atoms with Gasteiger partial charge in [0.25, 0.3) is 0 Å². The summed E-state index contributed by atoms with van der Waals surface area (Å²) in [5, 5.41) is 2.79. The Hall–Kier alpha value is -3.02. The first kappa shape index (κ1) is 15.9. The van der Waals surface area contributed by atoms with Crippen molar-refractivity contribution < 1.29 is 18.4 Å². The molecule has 0 spiro atoms. The molecule has 2 heterocycles. The molecule has 0 atom stereocenters. The summed E-state index contributed by atoms with van der Waals surface area (Å²) in [7, 11) is 1.62. The minimum atomic E-state index is -0.0735. The molecule has 0 aliphatic heterocycles. The van der Waals surface area contributed by atoms with Crippen molar-refractivity contribution in [3.05, 3.63) is 60.5 Å². The van der Waals surface area contributed by atoms with Gasteiger partial charge in [-0.15, -0.1) is 0 Å². The van der Waals surface area contributed by atoms with Crippen molar-refractivity contribution in [2.75, 3.05) is 7.11 Å². The van der Waals surface area contributed by atoms with Crippen LogP contribution in [-0.2, 0) is 17.8 Å². The van der Waals surface area contributed by atoms with Gasteiger partial charge >= 0.3 is 0 Å². The lowest BCUT2D eigenvalue weighted by atomic mass is 10.2. The summed E-state index contributed by atoms with van der Waals surface area (Å²) in [6, 6.07) is 11.1. The highest BCUT2D eigenvalue weighted by molar-refractivity contribution is 5.75. The van der Waals surface area contributed by atoms with Crippen LogP contribution in [-0.4, -0.2) is 18.0 Å². The van der Waals surface area contributed by atoms with Crippen molar-refractivity contribution in [3.8, 4) is 17.1 Å². The minimum Gasteiger partial charge on any atom is -0.497 e. The molecule has 0 aliphatic carbocycles. The Morgan fingerprint density at radius 2 is 2.08 bits per heavy atom. The zero-order valence-electron chi connectivity index (χ0n) is 13.3. The lowest BCUT2D eigenvalue weighted by Crippen LogP contribution is -2.22.